The lowest BCUT2D eigenvalue weighted by atomic mass is 10.0. The number of carbonyl (C=O) groups excluding carboxylic acids is 1. The van der Waals surface area contributed by atoms with Crippen LogP contribution in [0.25, 0.3) is 0 Å². The Balaban J connectivity index is 2.22. The maximum absolute atomic E-state index is 12.0. The molecule has 0 saturated carbocycles. The fourth-order valence-electron chi connectivity index (χ4n) is 2.01. The van der Waals surface area contributed by atoms with E-state index < -0.39 is 4.92 Å². The van der Waals surface area contributed by atoms with Crippen LogP contribution in [0.2, 0.25) is 5.02 Å². The van der Waals surface area contributed by atoms with Gasteiger partial charge in [-0.1, -0.05) is 37.6 Å². The normalized spacial score (nSPS) is 10.6. The van der Waals surface area contributed by atoms with Gasteiger partial charge in [0.05, 0.1) is 4.92 Å². The minimum atomic E-state index is -0.547. The molecule has 120 valence electrons. The van der Waals surface area contributed by atoms with Gasteiger partial charge in [-0.3, -0.25) is 14.9 Å². The van der Waals surface area contributed by atoms with Crippen LogP contribution in [0.5, 0.6) is 5.75 Å². The molecule has 0 aromatic heterocycles. The lowest BCUT2D eigenvalue weighted by Crippen LogP contribution is -2.08. The van der Waals surface area contributed by atoms with Crippen molar-refractivity contribution in [3.05, 3.63) is 68.7 Å². The summed E-state index contributed by atoms with van der Waals surface area (Å²) in [5, 5.41) is 11.8. The number of nitrogens with zero attached hydrogens (tertiary/aromatic N) is 1. The zero-order chi connectivity index (χ0) is 17.0. The summed E-state index contributed by atoms with van der Waals surface area (Å²) in [6.45, 7) is 3.67. The van der Waals surface area contributed by atoms with Crippen molar-refractivity contribution in [3.8, 4) is 5.75 Å². The molecule has 0 bridgehead atoms. The van der Waals surface area contributed by atoms with Crippen LogP contribution < -0.4 is 4.74 Å². The highest BCUT2D eigenvalue weighted by Gasteiger charge is 2.20. The number of ketones is 1. The van der Waals surface area contributed by atoms with Gasteiger partial charge in [-0.05, 0) is 29.8 Å². The third kappa shape index (κ3) is 4.29. The second kappa shape index (κ2) is 7.24. The van der Waals surface area contributed by atoms with Gasteiger partial charge in [0.25, 0.3) is 0 Å². The summed E-state index contributed by atoms with van der Waals surface area (Å²) in [7, 11) is 0. The zero-order valence-corrected chi connectivity index (χ0v) is 13.5. The molecule has 0 aliphatic carbocycles. The molecule has 5 nitrogen and oxygen atoms in total. The molecule has 23 heavy (non-hydrogen) atoms. The molecule has 2 aromatic carbocycles. The summed E-state index contributed by atoms with van der Waals surface area (Å²) in [4.78, 5) is 22.6. The van der Waals surface area contributed by atoms with Crippen molar-refractivity contribution in [1.82, 2.24) is 0 Å². The van der Waals surface area contributed by atoms with E-state index in [1.807, 2.05) is 0 Å². The highest BCUT2D eigenvalue weighted by atomic mass is 35.5. The number of Topliss-reactive ketones (excluding diaryl/α,β-unsaturated/α-hetero) is 1. The zero-order valence-electron chi connectivity index (χ0n) is 12.8. The van der Waals surface area contributed by atoms with E-state index in [-0.39, 0.29) is 29.7 Å². The molecule has 0 spiro atoms. The topological polar surface area (TPSA) is 69.4 Å². The monoisotopic (exact) mass is 333 g/mol. The van der Waals surface area contributed by atoms with Crippen LogP contribution in [-0.2, 0) is 6.61 Å². The van der Waals surface area contributed by atoms with Gasteiger partial charge in [-0.2, -0.15) is 0 Å². The first kappa shape index (κ1) is 17.0. The summed E-state index contributed by atoms with van der Waals surface area (Å²) < 4.78 is 5.52. The molecule has 2 aromatic rings. The second-order valence-electron chi connectivity index (χ2n) is 5.37. The molecule has 0 heterocycles. The Hall–Kier alpha value is -2.40. The van der Waals surface area contributed by atoms with Crippen molar-refractivity contribution >= 4 is 23.1 Å². The minimum absolute atomic E-state index is 0.130. The van der Waals surface area contributed by atoms with Crippen molar-refractivity contribution < 1.29 is 14.5 Å². The third-order valence-electron chi connectivity index (χ3n) is 3.27. The Morgan fingerprint density at radius 2 is 1.87 bits per heavy atom. The van der Waals surface area contributed by atoms with Crippen LogP contribution in [0.15, 0.2) is 42.5 Å². The molecular weight excluding hydrogens is 318 g/mol. The first-order valence-corrected chi connectivity index (χ1v) is 7.46. The van der Waals surface area contributed by atoms with E-state index in [0.717, 1.165) is 5.56 Å². The van der Waals surface area contributed by atoms with Crippen molar-refractivity contribution in [1.29, 1.82) is 0 Å². The minimum Gasteiger partial charge on any atom is -0.482 e. The molecule has 0 saturated heterocycles. The first-order valence-electron chi connectivity index (χ1n) is 7.08. The number of rotatable bonds is 6. The number of nitro benzene ring substituents is 1. The van der Waals surface area contributed by atoms with E-state index in [1.54, 1.807) is 44.2 Å². The summed E-state index contributed by atoms with van der Waals surface area (Å²) in [5.41, 5.74) is 0.932. The molecule has 0 aliphatic heterocycles. The first-order chi connectivity index (χ1) is 10.9. The Morgan fingerprint density at radius 1 is 1.22 bits per heavy atom. The summed E-state index contributed by atoms with van der Waals surface area (Å²) in [6.07, 6.45) is 0. The Labute approximate surface area is 139 Å². The summed E-state index contributed by atoms with van der Waals surface area (Å²) in [6, 6.07) is 11.3. The molecular formula is C17H16ClNO4. The van der Waals surface area contributed by atoms with Crippen LogP contribution in [0.1, 0.15) is 29.8 Å². The van der Waals surface area contributed by atoms with Gasteiger partial charge >= 0.3 is 5.69 Å². The smallest absolute Gasteiger partial charge is 0.311 e. The van der Waals surface area contributed by atoms with Crippen LogP contribution in [0.3, 0.4) is 0 Å². The van der Waals surface area contributed by atoms with Gasteiger partial charge in [-0.25, -0.2) is 0 Å². The predicted molar refractivity (Wildman–Crippen MR) is 88.0 cm³/mol. The van der Waals surface area contributed by atoms with Crippen molar-refractivity contribution in [3.63, 3.8) is 0 Å². The maximum atomic E-state index is 12.0. The standard InChI is InChI=1S/C17H16ClNO4/c1-11(2)17(20)13-5-8-16(15(9-13)19(21)22)23-10-12-3-6-14(18)7-4-12/h3-9,11H,10H2,1-2H3. The molecule has 6 heteroatoms. The molecule has 0 radical (unpaired) electrons. The van der Waals surface area contributed by atoms with Gasteiger partial charge in [0, 0.05) is 22.6 Å². The molecule has 0 aliphatic rings. The van der Waals surface area contributed by atoms with Gasteiger partial charge < -0.3 is 4.74 Å². The molecule has 0 N–H and O–H groups in total. The number of halogens is 1. The van der Waals surface area contributed by atoms with E-state index in [4.69, 9.17) is 16.3 Å². The molecule has 0 atom stereocenters. The van der Waals surface area contributed by atoms with Crippen molar-refractivity contribution in [2.45, 2.75) is 20.5 Å². The highest BCUT2D eigenvalue weighted by molar-refractivity contribution is 6.30. The second-order valence-corrected chi connectivity index (χ2v) is 5.81. The average molecular weight is 334 g/mol. The lowest BCUT2D eigenvalue weighted by molar-refractivity contribution is -0.386. The third-order valence-corrected chi connectivity index (χ3v) is 3.52. The summed E-state index contributed by atoms with van der Waals surface area (Å²) in [5.74, 6) is -0.238. The van der Waals surface area contributed by atoms with Crippen molar-refractivity contribution in [2.75, 3.05) is 0 Å². The van der Waals surface area contributed by atoms with E-state index in [9.17, 15) is 14.9 Å². The fourth-order valence-corrected chi connectivity index (χ4v) is 2.14. The number of ether oxygens (including phenoxy) is 1. The van der Waals surface area contributed by atoms with Crippen LogP contribution in [-0.4, -0.2) is 10.7 Å². The maximum Gasteiger partial charge on any atom is 0.311 e. The van der Waals surface area contributed by atoms with E-state index >= 15 is 0 Å². The number of hydrogen-bond acceptors (Lipinski definition) is 4. The SMILES string of the molecule is CC(C)C(=O)c1ccc(OCc2ccc(Cl)cc2)c([N+](=O)[O-])c1. The Kier molecular flexibility index (Phi) is 5.34. The number of hydrogen-bond donors (Lipinski definition) is 0. The predicted octanol–water partition coefficient (Wildman–Crippen LogP) is 4.67. The highest BCUT2D eigenvalue weighted by Crippen LogP contribution is 2.29. The van der Waals surface area contributed by atoms with E-state index in [2.05, 4.69) is 0 Å². The number of carbonyl (C=O) groups is 1. The fraction of sp³-hybridized carbons (Fsp3) is 0.235. The number of benzene rings is 2. The molecule has 0 fully saturated rings. The average Bonchev–Trinajstić information content (AvgIpc) is 2.53. The molecule has 2 rings (SSSR count). The van der Waals surface area contributed by atoms with Crippen LogP contribution in [0, 0.1) is 16.0 Å². The summed E-state index contributed by atoms with van der Waals surface area (Å²) >= 11 is 5.81. The largest absolute Gasteiger partial charge is 0.482 e. The molecule has 0 amide bonds. The Morgan fingerprint density at radius 3 is 2.43 bits per heavy atom. The van der Waals surface area contributed by atoms with E-state index in [1.165, 1.54) is 12.1 Å². The van der Waals surface area contributed by atoms with Crippen molar-refractivity contribution in [2.24, 2.45) is 5.92 Å². The Bertz CT molecular complexity index is 726. The van der Waals surface area contributed by atoms with Gasteiger partial charge in [0.1, 0.15) is 6.61 Å². The van der Waals surface area contributed by atoms with E-state index in [0.29, 0.717) is 10.6 Å². The van der Waals surface area contributed by atoms with Crippen LogP contribution >= 0.6 is 11.6 Å². The lowest BCUT2D eigenvalue weighted by Gasteiger charge is -2.09. The van der Waals surface area contributed by atoms with Gasteiger partial charge in [0.2, 0.25) is 0 Å². The van der Waals surface area contributed by atoms with Gasteiger partial charge in [-0.15, -0.1) is 0 Å². The number of nitro groups is 1. The molecule has 0 unspecified atom stereocenters. The van der Waals surface area contributed by atoms with Crippen LogP contribution in [0.4, 0.5) is 5.69 Å². The quantitative estimate of drug-likeness (QED) is 0.437. The van der Waals surface area contributed by atoms with Gasteiger partial charge in [0.15, 0.2) is 11.5 Å².